The third-order valence-electron chi connectivity index (χ3n) is 4.14. The first-order chi connectivity index (χ1) is 15.4. The van der Waals surface area contributed by atoms with Gasteiger partial charge in [-0.25, -0.2) is 19.5 Å². The van der Waals surface area contributed by atoms with Gasteiger partial charge in [-0.3, -0.25) is 4.79 Å². The monoisotopic (exact) mass is 455 g/mol. The van der Waals surface area contributed by atoms with Gasteiger partial charge in [0.05, 0.1) is 5.69 Å². The van der Waals surface area contributed by atoms with Crippen molar-refractivity contribution in [2.45, 2.75) is 65.6 Å². The molecule has 1 aromatic carbocycles. The Balaban J connectivity index is 2.03. The van der Waals surface area contributed by atoms with Crippen LogP contribution in [0.1, 0.15) is 64.7 Å². The van der Waals surface area contributed by atoms with Gasteiger partial charge in [0.15, 0.2) is 5.78 Å². The first kappa shape index (κ1) is 25.8. The van der Waals surface area contributed by atoms with Crippen LogP contribution in [0.4, 0.5) is 21.1 Å². The number of alkyl carbamates (subject to hydrolysis) is 1. The highest BCUT2D eigenvalue weighted by atomic mass is 16.6. The van der Waals surface area contributed by atoms with Gasteiger partial charge in [-0.05, 0) is 72.2 Å². The summed E-state index contributed by atoms with van der Waals surface area (Å²) in [7, 11) is 0. The number of rotatable bonds is 7. The molecule has 0 saturated carbocycles. The van der Waals surface area contributed by atoms with Crippen molar-refractivity contribution in [2.24, 2.45) is 0 Å². The zero-order valence-electron chi connectivity index (χ0n) is 20.2. The molecule has 0 atom stereocenters. The van der Waals surface area contributed by atoms with E-state index >= 15 is 0 Å². The van der Waals surface area contributed by atoms with Crippen LogP contribution in [0.5, 0.6) is 0 Å². The zero-order valence-corrected chi connectivity index (χ0v) is 20.2. The zero-order chi connectivity index (χ0) is 24.6. The number of hydrogen-bond acceptors (Lipinski definition) is 6. The third-order valence-corrected chi connectivity index (χ3v) is 4.14. The maximum Gasteiger partial charge on any atom is 0.420 e. The Kier molecular flexibility index (Phi) is 8.56. The number of nitrogens with zero attached hydrogens (tertiary/aromatic N) is 2. The number of anilines is 2. The van der Waals surface area contributed by atoms with Gasteiger partial charge in [0.25, 0.3) is 0 Å². The van der Waals surface area contributed by atoms with Gasteiger partial charge in [-0.15, -0.1) is 0 Å². The minimum absolute atomic E-state index is 0.108. The van der Waals surface area contributed by atoms with Crippen LogP contribution in [-0.4, -0.2) is 40.7 Å². The highest BCUT2D eigenvalue weighted by Crippen LogP contribution is 2.26. The van der Waals surface area contributed by atoms with E-state index in [1.54, 1.807) is 65.8 Å². The molecule has 0 radical (unpaired) electrons. The van der Waals surface area contributed by atoms with Gasteiger partial charge in [-0.2, -0.15) is 0 Å². The van der Waals surface area contributed by atoms with Crippen molar-refractivity contribution in [1.82, 2.24) is 10.3 Å². The number of aromatic nitrogens is 1. The summed E-state index contributed by atoms with van der Waals surface area (Å²) in [4.78, 5) is 42.7. The van der Waals surface area contributed by atoms with E-state index in [0.717, 1.165) is 0 Å². The van der Waals surface area contributed by atoms with Crippen LogP contribution in [0.15, 0.2) is 48.7 Å². The highest BCUT2D eigenvalue weighted by molar-refractivity contribution is 5.97. The quantitative estimate of drug-likeness (QED) is 0.428. The molecule has 33 heavy (non-hydrogen) atoms. The standard InChI is InChI=1S/C25H33N3O5/c1-24(2,3)32-22(30)26-16-10-13-20(29)18-14-15-21(27-17-18)28(19-11-8-7-9-12-19)23(31)33-25(4,5)6/h7-9,11-12,14-15,17H,10,13,16H2,1-6H3,(H,26,30). The minimum atomic E-state index is -0.673. The fourth-order valence-corrected chi connectivity index (χ4v) is 2.80. The Bertz CT molecular complexity index is 945. The highest BCUT2D eigenvalue weighted by Gasteiger charge is 2.26. The van der Waals surface area contributed by atoms with Gasteiger partial charge in [0.2, 0.25) is 0 Å². The van der Waals surface area contributed by atoms with Crippen LogP contribution in [0.3, 0.4) is 0 Å². The lowest BCUT2D eigenvalue weighted by atomic mass is 10.1. The summed E-state index contributed by atoms with van der Waals surface area (Å²) >= 11 is 0. The molecule has 8 nitrogen and oxygen atoms in total. The van der Waals surface area contributed by atoms with Crippen molar-refractivity contribution in [3.05, 3.63) is 54.2 Å². The number of carbonyl (C=O) groups is 3. The van der Waals surface area contributed by atoms with Crippen LogP contribution in [0, 0.1) is 0 Å². The molecule has 1 aromatic heterocycles. The predicted molar refractivity (Wildman–Crippen MR) is 127 cm³/mol. The van der Waals surface area contributed by atoms with Crippen LogP contribution in [-0.2, 0) is 9.47 Å². The molecule has 0 aliphatic rings. The molecule has 2 amide bonds. The molecule has 0 aliphatic carbocycles. The number of nitrogens with one attached hydrogen (secondary N) is 1. The molecule has 0 fully saturated rings. The first-order valence-electron chi connectivity index (χ1n) is 10.9. The third kappa shape index (κ3) is 8.92. The lowest BCUT2D eigenvalue weighted by molar-refractivity contribution is 0.0524. The lowest BCUT2D eigenvalue weighted by Crippen LogP contribution is -2.34. The van der Waals surface area contributed by atoms with Crippen molar-refractivity contribution < 1.29 is 23.9 Å². The normalized spacial score (nSPS) is 11.5. The van der Waals surface area contributed by atoms with Gasteiger partial charge in [-0.1, -0.05) is 18.2 Å². The van der Waals surface area contributed by atoms with E-state index in [9.17, 15) is 14.4 Å². The number of ether oxygens (including phenoxy) is 2. The topological polar surface area (TPSA) is 97.8 Å². The molecule has 178 valence electrons. The van der Waals surface area contributed by atoms with Gasteiger partial charge >= 0.3 is 12.2 Å². The molecule has 1 N–H and O–H groups in total. The van der Waals surface area contributed by atoms with Crippen LogP contribution in [0.2, 0.25) is 0 Å². The molecule has 2 rings (SSSR count). The fourth-order valence-electron chi connectivity index (χ4n) is 2.80. The molecule has 0 unspecified atom stereocenters. The predicted octanol–water partition coefficient (Wildman–Crippen LogP) is 5.64. The first-order valence-corrected chi connectivity index (χ1v) is 10.9. The molecular formula is C25H33N3O5. The number of amides is 2. The number of para-hydroxylation sites is 1. The summed E-state index contributed by atoms with van der Waals surface area (Å²) < 4.78 is 10.7. The summed E-state index contributed by atoms with van der Waals surface area (Å²) in [6.45, 7) is 11.1. The van der Waals surface area contributed by atoms with Crippen molar-refractivity contribution in [2.75, 3.05) is 11.4 Å². The number of hydrogen-bond donors (Lipinski definition) is 1. The van der Waals surface area contributed by atoms with E-state index in [1.165, 1.54) is 11.1 Å². The van der Waals surface area contributed by atoms with Crippen molar-refractivity contribution >= 4 is 29.5 Å². The van der Waals surface area contributed by atoms with Gasteiger partial charge < -0.3 is 14.8 Å². The van der Waals surface area contributed by atoms with E-state index < -0.39 is 23.4 Å². The van der Waals surface area contributed by atoms with Gasteiger partial charge in [0, 0.05) is 24.7 Å². The fraction of sp³-hybridized carbons (Fsp3) is 0.440. The summed E-state index contributed by atoms with van der Waals surface area (Å²) in [5.41, 5.74) is -0.215. The van der Waals surface area contributed by atoms with E-state index in [4.69, 9.17) is 9.47 Å². The second kappa shape index (κ2) is 10.9. The van der Waals surface area contributed by atoms with Crippen molar-refractivity contribution in [3.8, 4) is 0 Å². The largest absolute Gasteiger partial charge is 0.444 e. The number of Topliss-reactive ketones (excluding diaryl/α,β-unsaturated/α-hetero) is 1. The minimum Gasteiger partial charge on any atom is -0.444 e. The maximum absolute atomic E-state index is 12.8. The number of ketones is 1. The Morgan fingerprint density at radius 2 is 1.55 bits per heavy atom. The number of benzene rings is 1. The molecular weight excluding hydrogens is 422 g/mol. The molecule has 0 bridgehead atoms. The van der Waals surface area contributed by atoms with Gasteiger partial charge in [0.1, 0.15) is 17.0 Å². The lowest BCUT2D eigenvalue weighted by Gasteiger charge is -2.26. The average Bonchev–Trinajstić information content (AvgIpc) is 2.70. The van der Waals surface area contributed by atoms with Crippen molar-refractivity contribution in [1.29, 1.82) is 0 Å². The Hall–Kier alpha value is -3.42. The van der Waals surface area contributed by atoms with E-state index in [-0.39, 0.29) is 12.2 Å². The molecule has 2 aromatic rings. The molecule has 1 heterocycles. The van der Waals surface area contributed by atoms with E-state index in [2.05, 4.69) is 10.3 Å². The molecule has 0 spiro atoms. The Labute approximate surface area is 195 Å². The number of pyridine rings is 1. The van der Waals surface area contributed by atoms with E-state index in [0.29, 0.717) is 30.0 Å². The second-order valence-electron chi connectivity index (χ2n) is 9.51. The maximum atomic E-state index is 12.8. The van der Waals surface area contributed by atoms with Crippen LogP contribution >= 0.6 is 0 Å². The summed E-state index contributed by atoms with van der Waals surface area (Å²) in [6.07, 6.45) is 1.08. The Morgan fingerprint density at radius 1 is 0.909 bits per heavy atom. The van der Waals surface area contributed by atoms with Crippen LogP contribution in [0.25, 0.3) is 0 Å². The summed E-state index contributed by atoms with van der Waals surface area (Å²) in [5, 5.41) is 2.63. The SMILES string of the molecule is CC(C)(C)OC(=O)NCCCC(=O)c1ccc(N(C(=O)OC(C)(C)C)c2ccccc2)nc1. The molecule has 0 saturated heterocycles. The van der Waals surface area contributed by atoms with E-state index in [1.807, 2.05) is 18.2 Å². The second-order valence-corrected chi connectivity index (χ2v) is 9.51. The Morgan fingerprint density at radius 3 is 2.09 bits per heavy atom. The average molecular weight is 456 g/mol. The summed E-state index contributed by atoms with van der Waals surface area (Å²) in [5.74, 6) is 0.238. The number of carbonyl (C=O) groups excluding carboxylic acids is 3. The molecule has 8 heteroatoms. The molecule has 0 aliphatic heterocycles. The van der Waals surface area contributed by atoms with Crippen LogP contribution < -0.4 is 10.2 Å². The summed E-state index contributed by atoms with van der Waals surface area (Å²) in [6, 6.07) is 12.3. The van der Waals surface area contributed by atoms with Crippen molar-refractivity contribution in [3.63, 3.8) is 0 Å². The smallest absolute Gasteiger partial charge is 0.420 e.